The summed E-state index contributed by atoms with van der Waals surface area (Å²) < 4.78 is 0. The van der Waals surface area contributed by atoms with E-state index in [2.05, 4.69) is 0 Å². The molecule has 3 rings (SSSR count). The molecule has 0 radical (unpaired) electrons. The van der Waals surface area contributed by atoms with Crippen LogP contribution in [0.2, 0.25) is 0 Å². The Morgan fingerprint density at radius 1 is 0.929 bits per heavy atom. The lowest BCUT2D eigenvalue weighted by atomic mass is 9.91. The molecule has 1 unspecified atom stereocenters. The number of carbonyl (C=O) groups excluding carboxylic acids is 1. The van der Waals surface area contributed by atoms with Crippen LogP contribution in [0.15, 0.2) is 72.8 Å². The first-order valence-corrected chi connectivity index (χ1v) is 9.46. The minimum absolute atomic E-state index is 0.0394. The largest absolute Gasteiger partial charge is 0.481 e. The van der Waals surface area contributed by atoms with Crippen molar-refractivity contribution in [1.82, 2.24) is 4.90 Å². The summed E-state index contributed by atoms with van der Waals surface area (Å²) >= 11 is 0. The molecule has 28 heavy (non-hydrogen) atoms. The van der Waals surface area contributed by atoms with Gasteiger partial charge in [-0.1, -0.05) is 72.8 Å². The average Bonchev–Trinajstić information content (AvgIpc) is 2.68. The lowest BCUT2D eigenvalue weighted by Gasteiger charge is -2.18. The van der Waals surface area contributed by atoms with Crippen molar-refractivity contribution in [3.8, 4) is 0 Å². The molecule has 0 saturated heterocycles. The topological polar surface area (TPSA) is 57.6 Å². The van der Waals surface area contributed by atoms with E-state index in [4.69, 9.17) is 0 Å². The summed E-state index contributed by atoms with van der Waals surface area (Å²) in [6, 6.07) is 23.7. The van der Waals surface area contributed by atoms with E-state index in [0.29, 0.717) is 13.0 Å². The molecule has 0 heterocycles. The second kappa shape index (κ2) is 9.29. The van der Waals surface area contributed by atoms with Crippen molar-refractivity contribution in [2.24, 2.45) is 5.92 Å². The number of likely N-dealkylation sites (N-methyl/N-ethyl adjacent to an activating group) is 1. The predicted molar refractivity (Wildman–Crippen MR) is 111 cm³/mol. The van der Waals surface area contributed by atoms with Crippen LogP contribution in [0.4, 0.5) is 0 Å². The van der Waals surface area contributed by atoms with E-state index in [1.807, 2.05) is 84.7 Å². The number of Topliss-reactive ketones (excluding diaryl/α,β-unsaturated/α-hetero) is 1. The number of carboxylic acid groups (broad SMARTS) is 1. The highest BCUT2D eigenvalue weighted by atomic mass is 16.4. The second-order valence-corrected chi connectivity index (χ2v) is 7.28. The van der Waals surface area contributed by atoms with Crippen LogP contribution in [0.5, 0.6) is 0 Å². The maximum Gasteiger partial charge on any atom is 0.307 e. The lowest BCUT2D eigenvalue weighted by Crippen LogP contribution is -2.29. The van der Waals surface area contributed by atoms with Crippen LogP contribution in [0, 0.1) is 5.92 Å². The fourth-order valence-corrected chi connectivity index (χ4v) is 3.57. The molecule has 0 aromatic heterocycles. The fourth-order valence-electron chi connectivity index (χ4n) is 3.57. The molecule has 144 valence electrons. The van der Waals surface area contributed by atoms with E-state index in [1.165, 1.54) is 0 Å². The molecule has 0 saturated carbocycles. The van der Waals surface area contributed by atoms with Crippen LogP contribution in [-0.2, 0) is 22.6 Å². The van der Waals surface area contributed by atoms with Gasteiger partial charge in [-0.25, -0.2) is 0 Å². The van der Waals surface area contributed by atoms with Gasteiger partial charge in [-0.15, -0.1) is 0 Å². The summed E-state index contributed by atoms with van der Waals surface area (Å²) in [5.41, 5.74) is 2.10. The first-order chi connectivity index (χ1) is 13.5. The molecule has 4 nitrogen and oxygen atoms in total. The molecule has 0 aliphatic heterocycles. The van der Waals surface area contributed by atoms with Gasteiger partial charge in [0.1, 0.15) is 5.78 Å². The normalized spacial score (nSPS) is 12.2. The van der Waals surface area contributed by atoms with Crippen molar-refractivity contribution in [2.75, 3.05) is 13.6 Å². The van der Waals surface area contributed by atoms with Crippen LogP contribution in [0.3, 0.4) is 0 Å². The van der Waals surface area contributed by atoms with E-state index >= 15 is 0 Å². The maximum absolute atomic E-state index is 12.5. The number of benzene rings is 3. The molecular formula is C24H25NO3. The highest BCUT2D eigenvalue weighted by Gasteiger charge is 2.23. The summed E-state index contributed by atoms with van der Waals surface area (Å²) in [6.45, 7) is 0.905. The smallest absolute Gasteiger partial charge is 0.307 e. The van der Waals surface area contributed by atoms with Gasteiger partial charge >= 0.3 is 5.97 Å². The highest BCUT2D eigenvalue weighted by molar-refractivity contribution is 5.88. The van der Waals surface area contributed by atoms with Gasteiger partial charge in [0.15, 0.2) is 0 Å². The van der Waals surface area contributed by atoms with E-state index in [0.717, 1.165) is 21.9 Å². The third-order valence-corrected chi connectivity index (χ3v) is 4.91. The summed E-state index contributed by atoms with van der Waals surface area (Å²) in [7, 11) is 1.88. The van der Waals surface area contributed by atoms with Crippen molar-refractivity contribution >= 4 is 22.5 Å². The van der Waals surface area contributed by atoms with E-state index in [1.54, 1.807) is 0 Å². The number of hydrogen-bond donors (Lipinski definition) is 1. The lowest BCUT2D eigenvalue weighted by molar-refractivity contribution is -0.143. The van der Waals surface area contributed by atoms with Crippen LogP contribution in [0.25, 0.3) is 10.8 Å². The van der Waals surface area contributed by atoms with Crippen LogP contribution in [-0.4, -0.2) is 35.4 Å². The van der Waals surface area contributed by atoms with Gasteiger partial charge < -0.3 is 5.11 Å². The van der Waals surface area contributed by atoms with Crippen molar-refractivity contribution in [3.63, 3.8) is 0 Å². The minimum Gasteiger partial charge on any atom is -0.481 e. The van der Waals surface area contributed by atoms with Crippen molar-refractivity contribution in [2.45, 2.75) is 19.4 Å². The molecular weight excluding hydrogens is 350 g/mol. The third kappa shape index (κ3) is 5.27. The Labute approximate surface area is 165 Å². The number of carboxylic acids is 1. The van der Waals surface area contributed by atoms with Crippen LogP contribution in [0.1, 0.15) is 17.5 Å². The summed E-state index contributed by atoms with van der Waals surface area (Å²) in [5.74, 6) is -1.69. The van der Waals surface area contributed by atoms with Crippen molar-refractivity contribution in [3.05, 3.63) is 83.9 Å². The van der Waals surface area contributed by atoms with Crippen LogP contribution < -0.4 is 0 Å². The summed E-state index contributed by atoms with van der Waals surface area (Å²) in [6.07, 6.45) is 0.391. The zero-order valence-electron chi connectivity index (χ0n) is 16.0. The molecule has 0 fully saturated rings. The number of carbonyl (C=O) groups is 2. The molecule has 4 heteroatoms. The Balaban J connectivity index is 1.64. The standard InChI is InChI=1S/C24H25NO3/c1-25(16-18-8-3-2-4-9-18)17-22(26)15-21(24(27)28)14-20-12-7-11-19-10-5-6-13-23(19)20/h2-13,21H,14-17H2,1H3,(H,27,28). The number of rotatable bonds is 9. The third-order valence-electron chi connectivity index (χ3n) is 4.91. The van der Waals surface area contributed by atoms with Crippen molar-refractivity contribution < 1.29 is 14.7 Å². The van der Waals surface area contributed by atoms with Gasteiger partial charge in [-0.2, -0.15) is 0 Å². The molecule has 3 aromatic rings. The Bertz CT molecular complexity index is 947. The molecule has 1 atom stereocenters. The SMILES string of the molecule is CN(CC(=O)CC(Cc1cccc2ccccc12)C(=O)O)Cc1ccccc1. The minimum atomic E-state index is -0.924. The Morgan fingerprint density at radius 2 is 1.61 bits per heavy atom. The van der Waals surface area contributed by atoms with Gasteiger partial charge in [-0.05, 0) is 35.4 Å². The molecule has 3 aromatic carbocycles. The predicted octanol–water partition coefficient (Wildman–Crippen LogP) is 4.17. The summed E-state index contributed by atoms with van der Waals surface area (Å²) in [4.78, 5) is 26.2. The van der Waals surface area contributed by atoms with Crippen LogP contribution >= 0.6 is 0 Å². The quantitative estimate of drug-likeness (QED) is 0.610. The molecule has 0 spiro atoms. The highest BCUT2D eigenvalue weighted by Crippen LogP contribution is 2.23. The molecule has 0 bridgehead atoms. The number of hydrogen-bond acceptors (Lipinski definition) is 3. The molecule has 1 N–H and O–H groups in total. The molecule has 0 amide bonds. The monoisotopic (exact) mass is 375 g/mol. The fraction of sp³-hybridized carbons (Fsp3) is 0.250. The maximum atomic E-state index is 12.5. The zero-order valence-corrected chi connectivity index (χ0v) is 16.0. The first-order valence-electron chi connectivity index (χ1n) is 9.46. The number of ketones is 1. The average molecular weight is 375 g/mol. The second-order valence-electron chi connectivity index (χ2n) is 7.28. The summed E-state index contributed by atoms with van der Waals surface area (Å²) in [5, 5.41) is 11.8. The molecule has 0 aliphatic rings. The van der Waals surface area contributed by atoms with E-state index in [9.17, 15) is 14.7 Å². The Kier molecular flexibility index (Phi) is 6.56. The Hall–Kier alpha value is -2.98. The van der Waals surface area contributed by atoms with Gasteiger partial charge in [-0.3, -0.25) is 14.5 Å². The van der Waals surface area contributed by atoms with Gasteiger partial charge in [0.2, 0.25) is 0 Å². The van der Waals surface area contributed by atoms with Gasteiger partial charge in [0.05, 0.1) is 12.5 Å². The van der Waals surface area contributed by atoms with Gasteiger partial charge in [0.25, 0.3) is 0 Å². The Morgan fingerprint density at radius 3 is 2.36 bits per heavy atom. The first kappa shape index (κ1) is 19.8. The van der Waals surface area contributed by atoms with E-state index < -0.39 is 11.9 Å². The van der Waals surface area contributed by atoms with Crippen molar-refractivity contribution in [1.29, 1.82) is 0 Å². The number of fused-ring (bicyclic) bond motifs is 1. The van der Waals surface area contributed by atoms with E-state index in [-0.39, 0.29) is 18.7 Å². The van der Waals surface area contributed by atoms with Gasteiger partial charge in [0, 0.05) is 13.0 Å². The molecule has 0 aliphatic carbocycles. The number of nitrogens with zero attached hydrogens (tertiary/aromatic N) is 1. The number of aliphatic carboxylic acids is 1. The zero-order chi connectivity index (χ0) is 19.9.